The van der Waals surface area contributed by atoms with Crippen molar-refractivity contribution in [2.75, 3.05) is 0 Å². The van der Waals surface area contributed by atoms with E-state index in [2.05, 4.69) is 49.4 Å². The second kappa shape index (κ2) is 6.81. The van der Waals surface area contributed by atoms with E-state index in [9.17, 15) is 0 Å². The van der Waals surface area contributed by atoms with Crippen LogP contribution in [-0.2, 0) is 0 Å². The van der Waals surface area contributed by atoms with Gasteiger partial charge in [0.15, 0.2) is 11.6 Å². The molecule has 1 aromatic heterocycles. The fourth-order valence-corrected chi connectivity index (χ4v) is 2.96. The number of hydrogen-bond donors (Lipinski definition) is 0. The fraction of sp³-hybridized carbons (Fsp3) is 0.136. The number of allylic oxidation sites excluding steroid dienone is 4. The maximum atomic E-state index is 4.79. The van der Waals surface area contributed by atoms with Gasteiger partial charge in [-0.25, -0.2) is 15.0 Å². The number of nitrogens with zero attached hydrogens (tertiary/aromatic N) is 3. The molecule has 3 heteroatoms. The van der Waals surface area contributed by atoms with Gasteiger partial charge in [-0.15, -0.1) is 0 Å². The van der Waals surface area contributed by atoms with Crippen molar-refractivity contribution < 1.29 is 0 Å². The highest BCUT2D eigenvalue weighted by atomic mass is 15.0. The summed E-state index contributed by atoms with van der Waals surface area (Å²) >= 11 is 0. The topological polar surface area (TPSA) is 38.7 Å². The van der Waals surface area contributed by atoms with Crippen LogP contribution >= 0.6 is 0 Å². The zero-order valence-corrected chi connectivity index (χ0v) is 14.1. The largest absolute Gasteiger partial charge is 0.212 e. The highest BCUT2D eigenvalue weighted by Crippen LogP contribution is 2.26. The molecule has 4 rings (SSSR count). The van der Waals surface area contributed by atoms with Crippen LogP contribution in [0.2, 0.25) is 0 Å². The van der Waals surface area contributed by atoms with E-state index in [0.29, 0.717) is 0 Å². The fourth-order valence-electron chi connectivity index (χ4n) is 2.96. The summed E-state index contributed by atoms with van der Waals surface area (Å²) < 4.78 is 0. The van der Waals surface area contributed by atoms with E-state index in [1.807, 2.05) is 36.4 Å². The van der Waals surface area contributed by atoms with Crippen molar-refractivity contribution in [1.29, 1.82) is 0 Å². The maximum absolute atomic E-state index is 4.79. The van der Waals surface area contributed by atoms with E-state index in [1.165, 1.54) is 5.56 Å². The molecule has 25 heavy (non-hydrogen) atoms. The Morgan fingerprint density at radius 2 is 1.56 bits per heavy atom. The first-order valence-corrected chi connectivity index (χ1v) is 8.51. The van der Waals surface area contributed by atoms with Crippen LogP contribution in [-0.4, -0.2) is 15.0 Å². The molecule has 0 fully saturated rings. The summed E-state index contributed by atoms with van der Waals surface area (Å²) in [6, 6.07) is 18.4. The van der Waals surface area contributed by atoms with Crippen LogP contribution in [0.1, 0.15) is 23.7 Å². The van der Waals surface area contributed by atoms with Crippen molar-refractivity contribution in [3.63, 3.8) is 0 Å². The molecular weight excluding hydrogens is 306 g/mol. The predicted octanol–water partition coefficient (Wildman–Crippen LogP) is 5.11. The lowest BCUT2D eigenvalue weighted by Crippen LogP contribution is -2.07. The summed E-state index contributed by atoms with van der Waals surface area (Å²) in [6.45, 7) is 2.08. The van der Waals surface area contributed by atoms with Crippen molar-refractivity contribution in [2.24, 2.45) is 0 Å². The molecule has 1 atom stereocenters. The normalized spacial score (nSPS) is 16.1. The smallest absolute Gasteiger partial charge is 0.163 e. The van der Waals surface area contributed by atoms with Crippen molar-refractivity contribution in [3.05, 3.63) is 90.3 Å². The van der Waals surface area contributed by atoms with Gasteiger partial charge in [-0.05, 0) is 19.4 Å². The lowest BCUT2D eigenvalue weighted by molar-refractivity contribution is 0.764. The quantitative estimate of drug-likeness (QED) is 0.671. The molecule has 1 aliphatic rings. The molecule has 1 heterocycles. The Morgan fingerprint density at radius 3 is 2.28 bits per heavy atom. The van der Waals surface area contributed by atoms with Crippen LogP contribution in [0.5, 0.6) is 0 Å². The average molecular weight is 325 g/mol. The highest BCUT2D eigenvalue weighted by molar-refractivity contribution is 5.61. The lowest BCUT2D eigenvalue weighted by Gasteiger charge is -2.14. The summed E-state index contributed by atoms with van der Waals surface area (Å²) in [7, 11) is 0. The molecule has 0 radical (unpaired) electrons. The SMILES string of the molecule is Cc1cccc(-c2nc(-c3ccccc3)nc(C3C=CC=CC3)n2)c1. The highest BCUT2D eigenvalue weighted by Gasteiger charge is 2.16. The van der Waals surface area contributed by atoms with Gasteiger partial charge in [-0.1, -0.05) is 78.4 Å². The van der Waals surface area contributed by atoms with E-state index in [4.69, 9.17) is 15.0 Å². The Morgan fingerprint density at radius 1 is 0.800 bits per heavy atom. The van der Waals surface area contributed by atoms with Crippen molar-refractivity contribution in [1.82, 2.24) is 15.0 Å². The summed E-state index contributed by atoms with van der Waals surface area (Å²) in [4.78, 5) is 14.3. The minimum atomic E-state index is 0.194. The molecular formula is C22H19N3. The summed E-state index contributed by atoms with van der Waals surface area (Å²) in [5, 5.41) is 0. The molecule has 0 bridgehead atoms. The Hall–Kier alpha value is -3.07. The van der Waals surface area contributed by atoms with Crippen LogP contribution in [0.15, 0.2) is 78.9 Å². The Balaban J connectivity index is 1.86. The zero-order chi connectivity index (χ0) is 17.1. The standard InChI is InChI=1S/C22H19N3/c1-16-9-8-14-19(15-16)22-24-20(17-10-4-2-5-11-17)23-21(25-22)18-12-6-3-7-13-18/h2-12,14-15,18H,13H2,1H3. The zero-order valence-electron chi connectivity index (χ0n) is 14.1. The van der Waals surface area contributed by atoms with E-state index in [-0.39, 0.29) is 5.92 Å². The third-order valence-electron chi connectivity index (χ3n) is 4.27. The first-order valence-electron chi connectivity index (χ1n) is 8.51. The van der Waals surface area contributed by atoms with Crippen molar-refractivity contribution in [3.8, 4) is 22.8 Å². The number of aryl methyl sites for hydroxylation is 1. The first-order chi connectivity index (χ1) is 12.3. The van der Waals surface area contributed by atoms with Gasteiger partial charge in [0.05, 0.1) is 0 Å². The number of benzene rings is 2. The second-order valence-corrected chi connectivity index (χ2v) is 6.23. The Bertz CT molecular complexity index is 942. The molecule has 0 aliphatic heterocycles. The van der Waals surface area contributed by atoms with Gasteiger partial charge in [-0.3, -0.25) is 0 Å². The lowest BCUT2D eigenvalue weighted by atomic mass is 10.00. The van der Waals surface area contributed by atoms with Crippen LogP contribution in [0.4, 0.5) is 0 Å². The van der Waals surface area contributed by atoms with Gasteiger partial charge in [0.2, 0.25) is 0 Å². The average Bonchev–Trinajstić information content (AvgIpc) is 2.69. The first kappa shape index (κ1) is 15.5. The van der Waals surface area contributed by atoms with Crippen LogP contribution in [0, 0.1) is 6.92 Å². The van der Waals surface area contributed by atoms with Crippen LogP contribution in [0.25, 0.3) is 22.8 Å². The van der Waals surface area contributed by atoms with Gasteiger partial charge in [0, 0.05) is 17.0 Å². The monoisotopic (exact) mass is 325 g/mol. The Labute approximate surface area is 147 Å². The summed E-state index contributed by atoms with van der Waals surface area (Å²) in [5.74, 6) is 2.48. The predicted molar refractivity (Wildman–Crippen MR) is 101 cm³/mol. The van der Waals surface area contributed by atoms with E-state index in [1.54, 1.807) is 0 Å². The third-order valence-corrected chi connectivity index (χ3v) is 4.27. The van der Waals surface area contributed by atoms with Gasteiger partial charge >= 0.3 is 0 Å². The van der Waals surface area contributed by atoms with E-state index in [0.717, 1.165) is 35.0 Å². The van der Waals surface area contributed by atoms with Crippen molar-refractivity contribution >= 4 is 0 Å². The molecule has 0 amide bonds. The summed E-state index contributed by atoms with van der Waals surface area (Å²) in [6.07, 6.45) is 9.36. The molecule has 0 saturated carbocycles. The molecule has 3 nitrogen and oxygen atoms in total. The van der Waals surface area contributed by atoms with Crippen LogP contribution in [0.3, 0.4) is 0 Å². The maximum Gasteiger partial charge on any atom is 0.163 e. The van der Waals surface area contributed by atoms with Gasteiger partial charge < -0.3 is 0 Å². The van der Waals surface area contributed by atoms with Gasteiger partial charge in [0.25, 0.3) is 0 Å². The van der Waals surface area contributed by atoms with Gasteiger partial charge in [-0.2, -0.15) is 0 Å². The molecule has 1 aliphatic carbocycles. The van der Waals surface area contributed by atoms with E-state index < -0.39 is 0 Å². The molecule has 2 aromatic carbocycles. The number of aromatic nitrogens is 3. The number of rotatable bonds is 3. The third kappa shape index (κ3) is 3.41. The molecule has 0 saturated heterocycles. The molecule has 0 spiro atoms. The van der Waals surface area contributed by atoms with Crippen molar-refractivity contribution in [2.45, 2.75) is 19.3 Å². The minimum absolute atomic E-state index is 0.194. The second-order valence-electron chi connectivity index (χ2n) is 6.23. The molecule has 0 N–H and O–H groups in total. The Kier molecular flexibility index (Phi) is 4.21. The molecule has 3 aromatic rings. The molecule has 1 unspecified atom stereocenters. The van der Waals surface area contributed by atoms with Crippen LogP contribution < -0.4 is 0 Å². The molecule has 122 valence electrons. The van der Waals surface area contributed by atoms with E-state index >= 15 is 0 Å². The number of hydrogen-bond acceptors (Lipinski definition) is 3. The summed E-state index contributed by atoms with van der Waals surface area (Å²) in [5.41, 5.74) is 3.23. The minimum Gasteiger partial charge on any atom is -0.212 e. The van der Waals surface area contributed by atoms with Gasteiger partial charge in [0.1, 0.15) is 5.82 Å².